The molecule has 1 heterocycles. The molecule has 1 atom stereocenters. The monoisotopic (exact) mass is 448 g/mol. The lowest BCUT2D eigenvalue weighted by Gasteiger charge is -2.29. The van der Waals surface area contributed by atoms with Crippen molar-refractivity contribution < 1.29 is 27.4 Å². The molecular formula is C22H28N2O6S. The second kappa shape index (κ2) is 10.6. The zero-order valence-electron chi connectivity index (χ0n) is 17.7. The molecule has 0 unspecified atom stereocenters. The van der Waals surface area contributed by atoms with E-state index in [1.165, 1.54) is 12.1 Å². The van der Waals surface area contributed by atoms with E-state index in [0.29, 0.717) is 38.5 Å². The fourth-order valence-corrected chi connectivity index (χ4v) is 4.23. The first kappa shape index (κ1) is 23.1. The van der Waals surface area contributed by atoms with E-state index in [1.54, 1.807) is 31.1 Å². The minimum Gasteiger partial charge on any atom is -0.497 e. The molecule has 1 fully saturated rings. The molecule has 1 aliphatic heterocycles. The van der Waals surface area contributed by atoms with Crippen molar-refractivity contribution in [3.63, 3.8) is 0 Å². The maximum absolute atomic E-state index is 12.5. The summed E-state index contributed by atoms with van der Waals surface area (Å²) in [6, 6.07) is 13.5. The molecule has 0 radical (unpaired) electrons. The van der Waals surface area contributed by atoms with Crippen molar-refractivity contribution in [3.8, 4) is 11.5 Å². The number of morpholine rings is 1. The molecule has 31 heavy (non-hydrogen) atoms. The van der Waals surface area contributed by atoms with E-state index in [4.69, 9.17) is 14.2 Å². The number of rotatable bonds is 9. The highest BCUT2D eigenvalue weighted by molar-refractivity contribution is 7.89. The Morgan fingerprint density at radius 2 is 1.68 bits per heavy atom. The summed E-state index contributed by atoms with van der Waals surface area (Å²) in [5.41, 5.74) is 1.01. The van der Waals surface area contributed by atoms with E-state index in [9.17, 15) is 13.2 Å². The van der Waals surface area contributed by atoms with Crippen LogP contribution in [-0.2, 0) is 26.0 Å². The Morgan fingerprint density at radius 3 is 2.29 bits per heavy atom. The van der Waals surface area contributed by atoms with Crippen molar-refractivity contribution in [3.05, 3.63) is 54.1 Å². The summed E-state index contributed by atoms with van der Waals surface area (Å²) in [5.74, 6) is 1.08. The Morgan fingerprint density at radius 1 is 1.06 bits per heavy atom. The third-order valence-electron chi connectivity index (χ3n) is 4.98. The van der Waals surface area contributed by atoms with E-state index in [0.717, 1.165) is 11.3 Å². The molecule has 1 N–H and O–H groups in total. The number of carbonyl (C=O) groups is 1. The van der Waals surface area contributed by atoms with Gasteiger partial charge in [0.1, 0.15) is 11.5 Å². The number of amides is 1. The number of nitrogens with zero attached hydrogens (tertiary/aromatic N) is 1. The van der Waals surface area contributed by atoms with E-state index >= 15 is 0 Å². The molecule has 1 saturated heterocycles. The first-order valence-electron chi connectivity index (χ1n) is 10.1. The first-order chi connectivity index (χ1) is 14.9. The molecule has 1 aliphatic rings. The highest BCUT2D eigenvalue weighted by Gasteiger charge is 2.24. The summed E-state index contributed by atoms with van der Waals surface area (Å²) in [6.45, 7) is 4.10. The van der Waals surface area contributed by atoms with Gasteiger partial charge >= 0.3 is 0 Å². The summed E-state index contributed by atoms with van der Waals surface area (Å²) in [5, 5.41) is 0. The van der Waals surface area contributed by atoms with Crippen LogP contribution in [-0.4, -0.2) is 65.3 Å². The molecule has 8 nitrogen and oxygen atoms in total. The topological polar surface area (TPSA) is 94.2 Å². The van der Waals surface area contributed by atoms with Crippen molar-refractivity contribution in [2.45, 2.75) is 24.3 Å². The molecular weight excluding hydrogens is 420 g/mol. The fourth-order valence-electron chi connectivity index (χ4n) is 3.20. The number of ether oxygens (including phenoxy) is 3. The van der Waals surface area contributed by atoms with Crippen LogP contribution in [0, 0.1) is 0 Å². The number of sulfonamides is 1. The Kier molecular flexibility index (Phi) is 7.89. The van der Waals surface area contributed by atoms with Crippen LogP contribution in [0.5, 0.6) is 11.5 Å². The largest absolute Gasteiger partial charge is 0.497 e. The highest BCUT2D eigenvalue weighted by atomic mass is 32.2. The van der Waals surface area contributed by atoms with E-state index < -0.39 is 16.1 Å². The van der Waals surface area contributed by atoms with Crippen molar-refractivity contribution in [2.75, 3.05) is 40.0 Å². The van der Waals surface area contributed by atoms with Crippen LogP contribution < -0.4 is 14.2 Å². The second-order valence-electron chi connectivity index (χ2n) is 7.16. The molecule has 0 spiro atoms. The molecule has 0 saturated carbocycles. The number of hydrogen-bond donors (Lipinski definition) is 1. The van der Waals surface area contributed by atoms with Crippen LogP contribution in [0.15, 0.2) is 53.4 Å². The van der Waals surface area contributed by atoms with Gasteiger partial charge in [0.15, 0.2) is 6.10 Å². The van der Waals surface area contributed by atoms with Crippen LogP contribution in [0.3, 0.4) is 0 Å². The third kappa shape index (κ3) is 6.43. The lowest BCUT2D eigenvalue weighted by Crippen LogP contribution is -2.46. The van der Waals surface area contributed by atoms with E-state index in [-0.39, 0.29) is 17.3 Å². The van der Waals surface area contributed by atoms with Crippen LogP contribution >= 0.6 is 0 Å². The maximum atomic E-state index is 12.5. The first-order valence-corrected chi connectivity index (χ1v) is 11.6. The Bertz CT molecular complexity index is 955. The molecule has 2 aromatic rings. The third-order valence-corrected chi connectivity index (χ3v) is 6.46. The fraction of sp³-hybridized carbons (Fsp3) is 0.409. The molecule has 1 amide bonds. The lowest BCUT2D eigenvalue weighted by atomic mass is 10.1. The number of carbonyl (C=O) groups excluding carboxylic acids is 1. The molecule has 3 rings (SSSR count). The van der Waals surface area contributed by atoms with Crippen molar-refractivity contribution >= 4 is 15.9 Å². The average molecular weight is 449 g/mol. The number of methoxy groups -OCH3 is 1. The van der Waals surface area contributed by atoms with Gasteiger partial charge in [0, 0.05) is 19.6 Å². The van der Waals surface area contributed by atoms with Crippen molar-refractivity contribution in [1.82, 2.24) is 9.62 Å². The molecule has 0 bridgehead atoms. The summed E-state index contributed by atoms with van der Waals surface area (Å²) < 4.78 is 43.7. The van der Waals surface area contributed by atoms with Gasteiger partial charge in [-0.25, -0.2) is 13.1 Å². The van der Waals surface area contributed by atoms with Crippen LogP contribution in [0.2, 0.25) is 0 Å². The SMILES string of the molecule is COc1ccc(CCNS(=O)(=O)c2ccc(O[C@@H](C)C(=O)N3CCOCC3)cc2)cc1. The zero-order valence-corrected chi connectivity index (χ0v) is 18.6. The van der Waals surface area contributed by atoms with Crippen LogP contribution in [0.25, 0.3) is 0 Å². The van der Waals surface area contributed by atoms with Gasteiger partial charge in [-0.1, -0.05) is 12.1 Å². The predicted molar refractivity (Wildman–Crippen MR) is 116 cm³/mol. The van der Waals surface area contributed by atoms with Gasteiger partial charge < -0.3 is 19.1 Å². The lowest BCUT2D eigenvalue weighted by molar-refractivity contribution is -0.142. The quantitative estimate of drug-likeness (QED) is 0.629. The van der Waals surface area contributed by atoms with Gasteiger partial charge in [0.25, 0.3) is 5.91 Å². The molecule has 9 heteroatoms. The van der Waals surface area contributed by atoms with Crippen molar-refractivity contribution in [2.24, 2.45) is 0 Å². The van der Waals surface area contributed by atoms with Crippen LogP contribution in [0.4, 0.5) is 0 Å². The minimum absolute atomic E-state index is 0.111. The second-order valence-corrected chi connectivity index (χ2v) is 8.93. The smallest absolute Gasteiger partial charge is 0.263 e. The summed E-state index contributed by atoms with van der Waals surface area (Å²) in [6.07, 6.45) is -0.103. The average Bonchev–Trinajstić information content (AvgIpc) is 2.80. The standard InChI is InChI=1S/C22H28N2O6S/c1-17(22(25)24-13-15-29-16-14-24)30-20-7-9-21(10-8-20)31(26,27)23-12-11-18-3-5-19(28-2)6-4-18/h3-10,17,23H,11-16H2,1-2H3/t17-/m0/s1. The summed E-state index contributed by atoms with van der Waals surface area (Å²) in [4.78, 5) is 14.3. The Hall–Kier alpha value is -2.62. The zero-order chi connectivity index (χ0) is 22.3. The normalized spacial score (nSPS) is 15.4. The van der Waals surface area contributed by atoms with Gasteiger partial charge in [-0.05, 0) is 55.3 Å². The van der Waals surface area contributed by atoms with Gasteiger partial charge in [-0.3, -0.25) is 4.79 Å². The number of nitrogens with one attached hydrogen (secondary N) is 1. The number of hydrogen-bond acceptors (Lipinski definition) is 6. The molecule has 0 aromatic heterocycles. The predicted octanol–water partition coefficient (Wildman–Crippen LogP) is 1.84. The minimum atomic E-state index is -3.64. The Balaban J connectivity index is 1.52. The van der Waals surface area contributed by atoms with Crippen molar-refractivity contribution in [1.29, 1.82) is 0 Å². The summed E-state index contributed by atoms with van der Waals surface area (Å²) >= 11 is 0. The Labute approximate surface area is 183 Å². The molecule has 2 aromatic carbocycles. The van der Waals surface area contributed by atoms with Gasteiger partial charge in [-0.2, -0.15) is 0 Å². The van der Waals surface area contributed by atoms with Gasteiger partial charge in [0.05, 0.1) is 25.2 Å². The van der Waals surface area contributed by atoms with Gasteiger partial charge in [-0.15, -0.1) is 0 Å². The maximum Gasteiger partial charge on any atom is 0.263 e. The molecule has 0 aliphatic carbocycles. The summed E-state index contributed by atoms with van der Waals surface area (Å²) in [7, 11) is -2.04. The van der Waals surface area contributed by atoms with E-state index in [1.807, 2.05) is 24.3 Å². The van der Waals surface area contributed by atoms with Crippen LogP contribution in [0.1, 0.15) is 12.5 Å². The number of benzene rings is 2. The molecule has 168 valence electrons. The van der Waals surface area contributed by atoms with E-state index in [2.05, 4.69) is 4.72 Å². The highest BCUT2D eigenvalue weighted by Crippen LogP contribution is 2.18. The van der Waals surface area contributed by atoms with Gasteiger partial charge in [0.2, 0.25) is 10.0 Å².